The van der Waals surface area contributed by atoms with Crippen LogP contribution in [0.25, 0.3) is 0 Å². The number of halogens is 1. The lowest BCUT2D eigenvalue weighted by Crippen LogP contribution is -2.26. The van der Waals surface area contributed by atoms with Crippen molar-refractivity contribution in [3.05, 3.63) is 35.6 Å². The quantitative estimate of drug-likeness (QED) is 0.832. The maximum absolute atomic E-state index is 12.7. The molecule has 1 aromatic rings. The van der Waals surface area contributed by atoms with Crippen LogP contribution in [0.15, 0.2) is 24.3 Å². The monoisotopic (exact) mass is 252 g/mol. The number of primary amides is 1. The molecule has 0 aliphatic heterocycles. The smallest absolute Gasteiger partial charge is 0.222 e. The highest BCUT2D eigenvalue weighted by atomic mass is 19.1. The molecule has 4 nitrogen and oxygen atoms in total. The first-order chi connectivity index (χ1) is 8.49. The molecule has 0 fully saturated rings. The van der Waals surface area contributed by atoms with E-state index in [1.165, 1.54) is 12.1 Å². The molecular formula is C13H17FN2O2. The maximum atomic E-state index is 12.7. The summed E-state index contributed by atoms with van der Waals surface area (Å²) in [7, 11) is 1.68. The van der Waals surface area contributed by atoms with Gasteiger partial charge >= 0.3 is 0 Å². The lowest BCUT2D eigenvalue weighted by Gasteiger charge is -2.17. The van der Waals surface area contributed by atoms with Crippen LogP contribution < -0.4 is 5.73 Å². The fourth-order valence-electron chi connectivity index (χ4n) is 1.56. The summed E-state index contributed by atoms with van der Waals surface area (Å²) in [6.07, 6.45) is 0.971. The van der Waals surface area contributed by atoms with Gasteiger partial charge in [-0.3, -0.25) is 9.59 Å². The predicted octanol–water partition coefficient (Wildman–Crippen LogP) is 1.44. The Labute approximate surface area is 106 Å². The molecule has 0 aliphatic carbocycles. The molecule has 0 heterocycles. The molecule has 0 bridgehead atoms. The zero-order valence-electron chi connectivity index (χ0n) is 10.4. The molecule has 0 atom stereocenters. The van der Waals surface area contributed by atoms with Gasteiger partial charge in [0.05, 0.1) is 0 Å². The van der Waals surface area contributed by atoms with Gasteiger partial charge in [-0.25, -0.2) is 4.39 Å². The largest absolute Gasteiger partial charge is 0.370 e. The van der Waals surface area contributed by atoms with E-state index in [2.05, 4.69) is 0 Å². The molecule has 18 heavy (non-hydrogen) atoms. The number of nitrogens with zero attached hydrogens (tertiary/aromatic N) is 1. The van der Waals surface area contributed by atoms with Crippen molar-refractivity contribution in [2.75, 3.05) is 7.05 Å². The minimum atomic E-state index is -0.399. The molecule has 2 N–H and O–H groups in total. The summed E-state index contributed by atoms with van der Waals surface area (Å²) in [6.45, 7) is 0.426. The summed E-state index contributed by atoms with van der Waals surface area (Å²) in [6, 6.07) is 6.01. The van der Waals surface area contributed by atoms with Crippen molar-refractivity contribution in [2.45, 2.75) is 25.8 Å². The second kappa shape index (κ2) is 6.74. The van der Waals surface area contributed by atoms with Crippen LogP contribution in [-0.4, -0.2) is 23.8 Å². The van der Waals surface area contributed by atoms with Gasteiger partial charge in [0.25, 0.3) is 0 Å². The molecule has 0 aliphatic rings. The fourth-order valence-corrected chi connectivity index (χ4v) is 1.56. The van der Waals surface area contributed by atoms with Crippen molar-refractivity contribution in [3.8, 4) is 0 Å². The van der Waals surface area contributed by atoms with Crippen LogP contribution in [0.4, 0.5) is 4.39 Å². The Hall–Kier alpha value is -1.91. The first-order valence-corrected chi connectivity index (χ1v) is 5.75. The van der Waals surface area contributed by atoms with E-state index in [0.717, 1.165) is 5.56 Å². The zero-order chi connectivity index (χ0) is 13.5. The number of hydrogen-bond donors (Lipinski definition) is 1. The standard InChI is InChI=1S/C13H17FN2O2/c1-16(13(18)4-2-3-12(15)17)9-10-5-7-11(14)8-6-10/h5-8H,2-4,9H2,1H3,(H2,15,17). The SMILES string of the molecule is CN(Cc1ccc(F)cc1)C(=O)CCCC(N)=O. The van der Waals surface area contributed by atoms with Crippen LogP contribution >= 0.6 is 0 Å². The zero-order valence-corrected chi connectivity index (χ0v) is 10.4. The number of carbonyl (C=O) groups excluding carboxylic acids is 2. The van der Waals surface area contributed by atoms with Crippen molar-refractivity contribution in [1.29, 1.82) is 0 Å². The molecule has 0 unspecified atom stereocenters. The predicted molar refractivity (Wildman–Crippen MR) is 65.9 cm³/mol. The molecule has 0 radical (unpaired) electrons. The molecule has 0 spiro atoms. The number of benzene rings is 1. The second-order valence-corrected chi connectivity index (χ2v) is 4.20. The number of rotatable bonds is 6. The first kappa shape index (κ1) is 14.2. The minimum absolute atomic E-state index is 0.0550. The van der Waals surface area contributed by atoms with Crippen LogP contribution in [0.1, 0.15) is 24.8 Å². The van der Waals surface area contributed by atoms with E-state index < -0.39 is 5.91 Å². The van der Waals surface area contributed by atoms with Gasteiger partial charge in [0, 0.05) is 26.4 Å². The van der Waals surface area contributed by atoms with E-state index in [1.807, 2.05) is 0 Å². The van der Waals surface area contributed by atoms with E-state index in [1.54, 1.807) is 24.1 Å². The van der Waals surface area contributed by atoms with Crippen LogP contribution in [0, 0.1) is 5.82 Å². The minimum Gasteiger partial charge on any atom is -0.370 e. The third-order valence-corrected chi connectivity index (χ3v) is 2.57. The maximum Gasteiger partial charge on any atom is 0.222 e. The Morgan fingerprint density at radius 1 is 1.22 bits per heavy atom. The van der Waals surface area contributed by atoms with E-state index in [-0.39, 0.29) is 18.1 Å². The highest BCUT2D eigenvalue weighted by Gasteiger charge is 2.09. The molecule has 0 saturated heterocycles. The van der Waals surface area contributed by atoms with Gasteiger partial charge in [-0.15, -0.1) is 0 Å². The fraction of sp³-hybridized carbons (Fsp3) is 0.385. The summed E-state index contributed by atoms with van der Waals surface area (Å²) in [5.74, 6) is -0.751. The summed E-state index contributed by atoms with van der Waals surface area (Å²) in [4.78, 5) is 23.8. The molecule has 98 valence electrons. The van der Waals surface area contributed by atoms with Crippen molar-refractivity contribution >= 4 is 11.8 Å². The average molecular weight is 252 g/mol. The number of hydrogen-bond acceptors (Lipinski definition) is 2. The van der Waals surface area contributed by atoms with Crippen molar-refractivity contribution < 1.29 is 14.0 Å². The van der Waals surface area contributed by atoms with E-state index in [4.69, 9.17) is 5.73 Å². The highest BCUT2D eigenvalue weighted by Crippen LogP contribution is 2.07. The Bertz CT molecular complexity index is 418. The van der Waals surface area contributed by atoms with Gasteiger partial charge < -0.3 is 10.6 Å². The Kier molecular flexibility index (Phi) is 5.30. The number of amides is 2. The molecule has 1 rings (SSSR count). The Morgan fingerprint density at radius 3 is 2.39 bits per heavy atom. The molecule has 5 heteroatoms. The Balaban J connectivity index is 2.39. The lowest BCUT2D eigenvalue weighted by molar-refractivity contribution is -0.130. The highest BCUT2D eigenvalue weighted by molar-refractivity contribution is 5.77. The third kappa shape index (κ3) is 4.95. The second-order valence-electron chi connectivity index (χ2n) is 4.20. The van der Waals surface area contributed by atoms with E-state index >= 15 is 0 Å². The average Bonchev–Trinajstić information content (AvgIpc) is 2.31. The summed E-state index contributed by atoms with van der Waals surface area (Å²) >= 11 is 0. The van der Waals surface area contributed by atoms with Crippen molar-refractivity contribution in [2.24, 2.45) is 5.73 Å². The molecule has 0 saturated carbocycles. The van der Waals surface area contributed by atoms with Gasteiger partial charge in [-0.2, -0.15) is 0 Å². The lowest BCUT2D eigenvalue weighted by atomic mass is 10.2. The van der Waals surface area contributed by atoms with Gasteiger partial charge in [-0.1, -0.05) is 12.1 Å². The molecule has 1 aromatic carbocycles. The summed E-state index contributed by atoms with van der Waals surface area (Å²) in [5, 5.41) is 0. The van der Waals surface area contributed by atoms with E-state index in [0.29, 0.717) is 19.4 Å². The van der Waals surface area contributed by atoms with Crippen LogP contribution in [0.3, 0.4) is 0 Å². The summed E-state index contributed by atoms with van der Waals surface area (Å²) < 4.78 is 12.7. The third-order valence-electron chi connectivity index (χ3n) is 2.57. The van der Waals surface area contributed by atoms with Crippen LogP contribution in [-0.2, 0) is 16.1 Å². The number of nitrogens with two attached hydrogens (primary N) is 1. The van der Waals surface area contributed by atoms with Crippen molar-refractivity contribution in [3.63, 3.8) is 0 Å². The Morgan fingerprint density at radius 2 is 1.83 bits per heavy atom. The first-order valence-electron chi connectivity index (χ1n) is 5.75. The van der Waals surface area contributed by atoms with Crippen LogP contribution in [0.5, 0.6) is 0 Å². The number of carbonyl (C=O) groups is 2. The van der Waals surface area contributed by atoms with Crippen molar-refractivity contribution in [1.82, 2.24) is 4.90 Å². The van der Waals surface area contributed by atoms with Gasteiger partial charge in [0.2, 0.25) is 11.8 Å². The molecule has 0 aromatic heterocycles. The molecule has 2 amide bonds. The topological polar surface area (TPSA) is 63.4 Å². The normalized spacial score (nSPS) is 10.1. The molecular weight excluding hydrogens is 235 g/mol. The van der Waals surface area contributed by atoms with Gasteiger partial charge in [0.15, 0.2) is 0 Å². The van der Waals surface area contributed by atoms with E-state index in [9.17, 15) is 14.0 Å². The summed E-state index contributed by atoms with van der Waals surface area (Å²) in [5.41, 5.74) is 5.86. The van der Waals surface area contributed by atoms with Gasteiger partial charge in [-0.05, 0) is 24.1 Å². The van der Waals surface area contributed by atoms with Gasteiger partial charge in [0.1, 0.15) is 5.82 Å². The van der Waals surface area contributed by atoms with Crippen LogP contribution in [0.2, 0.25) is 0 Å².